The van der Waals surface area contributed by atoms with Crippen LogP contribution in [0, 0.1) is 5.41 Å². The second-order valence-electron chi connectivity index (χ2n) is 5.10. The third-order valence-electron chi connectivity index (χ3n) is 4.06. The number of nitrogens with zero attached hydrogens (tertiary/aromatic N) is 1. The van der Waals surface area contributed by atoms with E-state index in [0.29, 0.717) is 5.41 Å². The number of rotatable bonds is 1. The summed E-state index contributed by atoms with van der Waals surface area (Å²) < 4.78 is 5.19. The van der Waals surface area contributed by atoms with Gasteiger partial charge in [0.1, 0.15) is 0 Å². The molecule has 3 rings (SSSR count). The summed E-state index contributed by atoms with van der Waals surface area (Å²) in [5.41, 5.74) is 3.40. The number of nitrogens with one attached hydrogen (secondary N) is 1. The van der Waals surface area contributed by atoms with Gasteiger partial charge in [-0.05, 0) is 55.3 Å². The fourth-order valence-corrected chi connectivity index (χ4v) is 3.12. The van der Waals surface area contributed by atoms with Crippen LogP contribution in [0.1, 0.15) is 24.0 Å². The Hall–Kier alpha value is -1.09. The van der Waals surface area contributed by atoms with Gasteiger partial charge in [-0.3, -0.25) is 0 Å². The van der Waals surface area contributed by atoms with Crippen LogP contribution < -0.4 is 10.1 Å². The lowest BCUT2D eigenvalue weighted by atomic mass is 9.76. The average Bonchev–Trinajstić information content (AvgIpc) is 2.66. The van der Waals surface area contributed by atoms with E-state index in [2.05, 4.69) is 16.4 Å². The molecule has 1 aromatic heterocycles. The SMILES string of the molecule is COc1cc2c(cn1)CC1(CCNCC1)C2. The van der Waals surface area contributed by atoms with E-state index in [4.69, 9.17) is 4.74 Å². The van der Waals surface area contributed by atoms with Crippen LogP contribution in [-0.2, 0) is 12.8 Å². The molecule has 0 bridgehead atoms. The van der Waals surface area contributed by atoms with E-state index >= 15 is 0 Å². The third-order valence-corrected chi connectivity index (χ3v) is 4.06. The molecule has 1 N–H and O–H groups in total. The summed E-state index contributed by atoms with van der Waals surface area (Å²) in [6.07, 6.45) is 7.02. The summed E-state index contributed by atoms with van der Waals surface area (Å²) in [5, 5.41) is 3.44. The maximum Gasteiger partial charge on any atom is 0.213 e. The predicted octanol–water partition coefficient (Wildman–Crippen LogP) is 1.56. The van der Waals surface area contributed by atoms with E-state index in [1.54, 1.807) is 7.11 Å². The number of pyridine rings is 1. The Bertz CT molecular complexity index is 397. The molecule has 1 aromatic rings. The lowest BCUT2D eigenvalue weighted by Crippen LogP contribution is -2.37. The number of ether oxygens (including phenoxy) is 1. The van der Waals surface area contributed by atoms with Gasteiger partial charge < -0.3 is 10.1 Å². The molecule has 0 aromatic carbocycles. The summed E-state index contributed by atoms with van der Waals surface area (Å²) in [5.74, 6) is 0.754. The number of piperidine rings is 1. The van der Waals surface area contributed by atoms with E-state index in [0.717, 1.165) is 5.88 Å². The van der Waals surface area contributed by atoms with Crippen LogP contribution in [0.4, 0.5) is 0 Å². The van der Waals surface area contributed by atoms with Crippen LogP contribution in [-0.4, -0.2) is 25.2 Å². The molecule has 0 unspecified atom stereocenters. The van der Waals surface area contributed by atoms with Crippen molar-refractivity contribution >= 4 is 0 Å². The van der Waals surface area contributed by atoms with Gasteiger partial charge >= 0.3 is 0 Å². The lowest BCUT2D eigenvalue weighted by molar-refractivity contribution is 0.216. The van der Waals surface area contributed by atoms with Crippen LogP contribution in [0.2, 0.25) is 0 Å². The van der Waals surface area contributed by atoms with Crippen LogP contribution >= 0.6 is 0 Å². The quantitative estimate of drug-likeness (QED) is 0.776. The van der Waals surface area contributed by atoms with Crippen molar-refractivity contribution in [3.63, 3.8) is 0 Å². The fourth-order valence-electron chi connectivity index (χ4n) is 3.12. The molecule has 3 heteroatoms. The Kier molecular flexibility index (Phi) is 2.36. The fraction of sp³-hybridized carbons (Fsp3) is 0.615. The topological polar surface area (TPSA) is 34.1 Å². The highest BCUT2D eigenvalue weighted by Crippen LogP contribution is 2.43. The number of aromatic nitrogens is 1. The standard InChI is InChI=1S/C13H18N2O/c1-16-12-6-10-7-13(2-4-14-5-3-13)8-11(10)9-15-12/h6,9,14H,2-5,7-8H2,1H3. The molecular formula is C13H18N2O. The minimum atomic E-state index is 0.516. The van der Waals surface area contributed by atoms with Crippen molar-refractivity contribution < 1.29 is 4.74 Å². The monoisotopic (exact) mass is 218 g/mol. The maximum atomic E-state index is 5.19. The molecule has 2 aliphatic rings. The Labute approximate surface area is 96.2 Å². The van der Waals surface area contributed by atoms with Crippen molar-refractivity contribution in [1.29, 1.82) is 0 Å². The zero-order chi connectivity index (χ0) is 11.0. The van der Waals surface area contributed by atoms with Crippen molar-refractivity contribution in [2.45, 2.75) is 25.7 Å². The third kappa shape index (κ3) is 1.59. The smallest absolute Gasteiger partial charge is 0.213 e. The van der Waals surface area contributed by atoms with Crippen LogP contribution in [0.5, 0.6) is 5.88 Å². The summed E-state index contributed by atoms with van der Waals surface area (Å²) in [6.45, 7) is 2.33. The predicted molar refractivity (Wildman–Crippen MR) is 62.7 cm³/mol. The highest BCUT2D eigenvalue weighted by atomic mass is 16.5. The Morgan fingerprint density at radius 3 is 2.75 bits per heavy atom. The molecule has 0 saturated carbocycles. The van der Waals surface area contributed by atoms with E-state index < -0.39 is 0 Å². The normalized spacial score (nSPS) is 22.1. The number of methoxy groups -OCH3 is 1. The van der Waals surface area contributed by atoms with E-state index in [1.165, 1.54) is 49.9 Å². The van der Waals surface area contributed by atoms with Crippen molar-refractivity contribution in [1.82, 2.24) is 10.3 Å². The molecule has 1 saturated heterocycles. The largest absolute Gasteiger partial charge is 0.481 e. The molecule has 0 atom stereocenters. The lowest BCUT2D eigenvalue weighted by Gasteiger charge is -2.33. The minimum absolute atomic E-state index is 0.516. The molecule has 1 spiro atoms. The Morgan fingerprint density at radius 2 is 2.00 bits per heavy atom. The van der Waals surface area contributed by atoms with Crippen LogP contribution in [0.15, 0.2) is 12.3 Å². The van der Waals surface area contributed by atoms with Crippen LogP contribution in [0.3, 0.4) is 0 Å². The minimum Gasteiger partial charge on any atom is -0.481 e. The van der Waals surface area contributed by atoms with Gasteiger partial charge in [0.2, 0.25) is 5.88 Å². The Morgan fingerprint density at radius 1 is 1.25 bits per heavy atom. The molecular weight excluding hydrogens is 200 g/mol. The molecule has 2 heterocycles. The van der Waals surface area contributed by atoms with Gasteiger partial charge in [-0.1, -0.05) is 0 Å². The summed E-state index contributed by atoms with van der Waals surface area (Å²) in [4.78, 5) is 4.31. The first-order valence-electron chi connectivity index (χ1n) is 6.04. The van der Waals surface area contributed by atoms with Crippen molar-refractivity contribution in [2.24, 2.45) is 5.41 Å². The van der Waals surface area contributed by atoms with Gasteiger partial charge in [0, 0.05) is 12.3 Å². The molecule has 0 amide bonds. The molecule has 1 aliphatic carbocycles. The molecule has 86 valence electrons. The van der Waals surface area contributed by atoms with Crippen molar-refractivity contribution in [2.75, 3.05) is 20.2 Å². The van der Waals surface area contributed by atoms with Crippen LogP contribution in [0.25, 0.3) is 0 Å². The first-order chi connectivity index (χ1) is 7.81. The summed E-state index contributed by atoms with van der Waals surface area (Å²) in [6, 6.07) is 2.12. The van der Waals surface area contributed by atoms with E-state index in [1.807, 2.05) is 6.20 Å². The highest BCUT2D eigenvalue weighted by molar-refractivity contribution is 5.36. The van der Waals surface area contributed by atoms with Gasteiger partial charge in [-0.15, -0.1) is 0 Å². The van der Waals surface area contributed by atoms with Crippen molar-refractivity contribution in [3.05, 3.63) is 23.4 Å². The van der Waals surface area contributed by atoms with Gasteiger partial charge in [-0.2, -0.15) is 0 Å². The second-order valence-corrected chi connectivity index (χ2v) is 5.10. The number of fused-ring (bicyclic) bond motifs is 1. The Balaban J connectivity index is 1.87. The van der Waals surface area contributed by atoms with Gasteiger partial charge in [0.15, 0.2) is 0 Å². The molecule has 1 fully saturated rings. The van der Waals surface area contributed by atoms with Crippen molar-refractivity contribution in [3.8, 4) is 5.88 Å². The van der Waals surface area contributed by atoms with E-state index in [9.17, 15) is 0 Å². The number of hydrogen-bond acceptors (Lipinski definition) is 3. The summed E-state index contributed by atoms with van der Waals surface area (Å²) >= 11 is 0. The second kappa shape index (κ2) is 3.74. The van der Waals surface area contributed by atoms with Gasteiger partial charge in [0.05, 0.1) is 7.11 Å². The summed E-state index contributed by atoms with van der Waals surface area (Å²) in [7, 11) is 1.68. The first-order valence-corrected chi connectivity index (χ1v) is 6.04. The molecule has 3 nitrogen and oxygen atoms in total. The maximum absolute atomic E-state index is 5.19. The molecule has 1 aliphatic heterocycles. The first kappa shape index (κ1) is 10.1. The molecule has 0 radical (unpaired) electrons. The van der Waals surface area contributed by atoms with Gasteiger partial charge in [-0.25, -0.2) is 4.98 Å². The van der Waals surface area contributed by atoms with E-state index in [-0.39, 0.29) is 0 Å². The zero-order valence-electron chi connectivity index (χ0n) is 9.75. The molecule has 16 heavy (non-hydrogen) atoms. The highest BCUT2D eigenvalue weighted by Gasteiger charge is 2.38. The average molecular weight is 218 g/mol. The van der Waals surface area contributed by atoms with Gasteiger partial charge in [0.25, 0.3) is 0 Å². The number of hydrogen-bond donors (Lipinski definition) is 1. The zero-order valence-corrected chi connectivity index (χ0v) is 9.75.